The van der Waals surface area contributed by atoms with Crippen LogP contribution >= 0.6 is 22.6 Å². The molecule has 0 saturated carbocycles. The van der Waals surface area contributed by atoms with Crippen molar-refractivity contribution in [3.05, 3.63) is 80.3 Å². The molecule has 0 spiro atoms. The average Bonchev–Trinajstić information content (AvgIpc) is 3.92. The Balaban J connectivity index is 1.11. The summed E-state index contributed by atoms with van der Waals surface area (Å²) in [5, 5.41) is 0.336. The lowest BCUT2D eigenvalue weighted by atomic mass is 9.95. The highest BCUT2D eigenvalue weighted by atomic mass is 127. The normalized spacial score (nSPS) is 24.1. The van der Waals surface area contributed by atoms with Gasteiger partial charge in [0, 0.05) is 47.3 Å². The lowest BCUT2D eigenvalue weighted by molar-refractivity contribution is 0.000933. The molecule has 0 aliphatic carbocycles. The monoisotopic (exact) mass is 1040 g/mol. The molecule has 4 fully saturated rings. The highest BCUT2D eigenvalue weighted by molar-refractivity contribution is 14.1. The molecule has 3 aromatic heterocycles. The maximum absolute atomic E-state index is 18.2. The van der Waals surface area contributed by atoms with Crippen LogP contribution in [0.2, 0.25) is 0 Å². The number of ether oxygens (including phenoxy) is 5. The standard InChI is InChI=1S/C51H59F2IN8O6/c1-28-38(41(54)29(2)55-45(28)59(23-31-10-15-35(64-7)16-11-31)24-32-12-17-36(65-8)18-13-32)42-40(53)43-39-46(58-48(57-43)66-27-51-20-9-21-60(51)25-33(52)22-51)61-26-34-14-19-37(44(61)30(3)67-47(39)56-42)62(34)49(63)68-50(4,5)6/h10-13,15-18,30,33-34,37,44H,9,14,19-27H2,1-8H3/t30-,33+,34+,37-,44+,51-/m0/s1. The van der Waals surface area contributed by atoms with E-state index in [1.807, 2.05) is 95.0 Å². The number of hydrogen-bond acceptors (Lipinski definition) is 13. The second-order valence-electron chi connectivity index (χ2n) is 20.0. The van der Waals surface area contributed by atoms with Gasteiger partial charge in [0.05, 0.1) is 43.6 Å². The molecular weight excluding hydrogens is 986 g/mol. The van der Waals surface area contributed by atoms with E-state index in [0.717, 1.165) is 64.0 Å². The number of anilines is 2. The van der Waals surface area contributed by atoms with Gasteiger partial charge in [0.25, 0.3) is 0 Å². The lowest BCUT2D eigenvalue weighted by Crippen LogP contribution is -2.65. The van der Waals surface area contributed by atoms with Gasteiger partial charge in [-0.05, 0) is 132 Å². The highest BCUT2D eigenvalue weighted by Crippen LogP contribution is 2.48. The van der Waals surface area contributed by atoms with Gasteiger partial charge >= 0.3 is 12.1 Å². The van der Waals surface area contributed by atoms with Crippen LogP contribution in [0.4, 0.5) is 25.2 Å². The molecule has 0 unspecified atom stereocenters. The Morgan fingerprint density at radius 1 is 0.956 bits per heavy atom. The average molecular weight is 1040 g/mol. The maximum atomic E-state index is 18.2. The number of rotatable bonds is 11. The molecule has 17 heteroatoms. The molecule has 14 nitrogen and oxygen atoms in total. The summed E-state index contributed by atoms with van der Waals surface area (Å²) in [5.41, 5.74) is 2.94. The molecule has 5 aromatic rings. The van der Waals surface area contributed by atoms with E-state index >= 15 is 4.39 Å². The second kappa shape index (κ2) is 17.9. The first-order chi connectivity index (χ1) is 32.5. The first-order valence-corrected chi connectivity index (χ1v) is 24.7. The third-order valence-corrected chi connectivity index (χ3v) is 15.7. The largest absolute Gasteiger partial charge is 0.497 e. The minimum absolute atomic E-state index is 0.00331. The molecule has 2 bridgehead atoms. The summed E-state index contributed by atoms with van der Waals surface area (Å²) in [7, 11) is 3.29. The molecular formula is C51H59F2IN8O6. The van der Waals surface area contributed by atoms with E-state index in [0.29, 0.717) is 60.9 Å². The smallest absolute Gasteiger partial charge is 0.410 e. The molecule has 10 rings (SSSR count). The van der Waals surface area contributed by atoms with Crippen molar-refractivity contribution in [3.8, 4) is 34.6 Å². The Kier molecular flexibility index (Phi) is 12.2. The van der Waals surface area contributed by atoms with E-state index in [2.05, 4.69) is 37.3 Å². The number of piperazine rings is 1. The quantitative estimate of drug-likeness (QED) is 0.117. The Morgan fingerprint density at radius 2 is 1.63 bits per heavy atom. The molecule has 360 valence electrons. The Labute approximate surface area is 409 Å². The van der Waals surface area contributed by atoms with Gasteiger partial charge in [-0.3, -0.25) is 9.80 Å². The number of nitrogens with zero attached hydrogens (tertiary/aromatic N) is 8. The fraction of sp³-hybridized carbons (Fsp3) is 0.510. The van der Waals surface area contributed by atoms with Gasteiger partial charge < -0.3 is 33.5 Å². The van der Waals surface area contributed by atoms with E-state index in [9.17, 15) is 9.18 Å². The van der Waals surface area contributed by atoms with Crippen molar-refractivity contribution in [1.82, 2.24) is 29.7 Å². The van der Waals surface area contributed by atoms with Crippen LogP contribution in [0.25, 0.3) is 22.2 Å². The number of amides is 1. The zero-order valence-corrected chi connectivity index (χ0v) is 42.1. The van der Waals surface area contributed by atoms with Gasteiger partial charge in [-0.15, -0.1) is 0 Å². The number of hydrogen-bond donors (Lipinski definition) is 0. The second-order valence-corrected chi connectivity index (χ2v) is 21.1. The van der Waals surface area contributed by atoms with Crippen LogP contribution < -0.4 is 28.7 Å². The summed E-state index contributed by atoms with van der Waals surface area (Å²) in [6.45, 7) is 14.2. The van der Waals surface area contributed by atoms with Gasteiger partial charge in [-0.1, -0.05) is 24.3 Å². The Morgan fingerprint density at radius 3 is 2.28 bits per heavy atom. The number of aromatic nitrogens is 4. The van der Waals surface area contributed by atoms with Crippen molar-refractivity contribution in [3.63, 3.8) is 0 Å². The summed E-state index contributed by atoms with van der Waals surface area (Å²) in [4.78, 5) is 42.5. The predicted molar refractivity (Wildman–Crippen MR) is 263 cm³/mol. The minimum atomic E-state index is -0.950. The summed E-state index contributed by atoms with van der Waals surface area (Å²) < 4.78 is 64.2. The number of carbonyl (C=O) groups is 1. The molecule has 8 heterocycles. The summed E-state index contributed by atoms with van der Waals surface area (Å²) in [5.74, 6) is 2.15. The molecule has 2 aromatic carbocycles. The number of aryl methyl sites for hydroxylation is 1. The minimum Gasteiger partial charge on any atom is -0.497 e. The van der Waals surface area contributed by atoms with Crippen LogP contribution in [0.3, 0.4) is 0 Å². The van der Waals surface area contributed by atoms with Gasteiger partial charge in [0.1, 0.15) is 64.2 Å². The summed E-state index contributed by atoms with van der Waals surface area (Å²) in [6.07, 6.45) is 1.73. The molecule has 68 heavy (non-hydrogen) atoms. The number of pyridine rings is 2. The molecule has 6 atom stereocenters. The van der Waals surface area contributed by atoms with Gasteiger partial charge in [0.15, 0.2) is 5.82 Å². The zero-order valence-electron chi connectivity index (χ0n) is 39.9. The molecule has 0 radical (unpaired) electrons. The van der Waals surface area contributed by atoms with Crippen LogP contribution in [-0.2, 0) is 17.8 Å². The SMILES string of the molecule is COc1ccc(CN(Cc2ccc(OC)cc2)c2nc(C)c(I)c(-c3nc4c5c(nc(OC[C@@]67CCCN6C[C@H](F)C7)nc5c3F)N3C[C@H]5CC[C@@H]([C@H]3[C@H](C)O4)N5C(=O)OC(C)(C)C)c2C)cc1. The molecule has 0 N–H and O–H groups in total. The fourth-order valence-corrected chi connectivity index (χ4v) is 12.1. The van der Waals surface area contributed by atoms with E-state index in [-0.39, 0.29) is 53.9 Å². The number of benzene rings is 2. The third kappa shape index (κ3) is 8.38. The van der Waals surface area contributed by atoms with Crippen LogP contribution in [0.15, 0.2) is 48.5 Å². The topological polar surface area (TPSA) is 128 Å². The molecule has 4 saturated heterocycles. The van der Waals surface area contributed by atoms with Crippen LogP contribution in [0.5, 0.6) is 23.4 Å². The number of fused-ring (bicyclic) bond motifs is 6. The van der Waals surface area contributed by atoms with Crippen LogP contribution in [0.1, 0.15) is 82.2 Å². The highest BCUT2D eigenvalue weighted by Gasteiger charge is 2.54. The summed E-state index contributed by atoms with van der Waals surface area (Å²) in [6, 6.07) is 15.0. The van der Waals surface area contributed by atoms with Crippen molar-refractivity contribution in [2.45, 2.75) is 128 Å². The number of halogens is 3. The van der Waals surface area contributed by atoms with E-state index in [1.54, 1.807) is 14.2 Å². The Hall–Kier alpha value is -5.30. The van der Waals surface area contributed by atoms with Crippen molar-refractivity contribution in [1.29, 1.82) is 0 Å². The summed E-state index contributed by atoms with van der Waals surface area (Å²) >= 11 is 2.24. The first-order valence-electron chi connectivity index (χ1n) is 23.6. The van der Waals surface area contributed by atoms with Crippen molar-refractivity contribution in [2.75, 3.05) is 50.3 Å². The molecule has 5 aliphatic rings. The van der Waals surface area contributed by atoms with Gasteiger partial charge in [-0.25, -0.2) is 23.5 Å². The lowest BCUT2D eigenvalue weighted by Gasteiger charge is -2.48. The van der Waals surface area contributed by atoms with E-state index in [4.69, 9.17) is 43.6 Å². The van der Waals surface area contributed by atoms with Crippen molar-refractivity contribution >= 4 is 51.2 Å². The third-order valence-electron chi connectivity index (χ3n) is 14.4. The van der Waals surface area contributed by atoms with E-state index < -0.39 is 29.2 Å². The number of alkyl halides is 1. The van der Waals surface area contributed by atoms with Crippen LogP contribution in [0, 0.1) is 23.2 Å². The van der Waals surface area contributed by atoms with Gasteiger partial charge in [-0.2, -0.15) is 9.97 Å². The van der Waals surface area contributed by atoms with Gasteiger partial charge in [0.2, 0.25) is 5.88 Å². The number of carbonyl (C=O) groups excluding carboxylic acids is 1. The maximum Gasteiger partial charge on any atom is 0.410 e. The zero-order chi connectivity index (χ0) is 47.8. The fourth-order valence-electron chi connectivity index (χ4n) is 11.3. The van der Waals surface area contributed by atoms with Crippen molar-refractivity contribution in [2.24, 2.45) is 0 Å². The number of methoxy groups -OCH3 is 2. The van der Waals surface area contributed by atoms with E-state index in [1.165, 1.54) is 0 Å². The van der Waals surface area contributed by atoms with Crippen LogP contribution in [-0.4, -0.2) is 118 Å². The Bertz CT molecular complexity index is 2690. The predicted octanol–water partition coefficient (Wildman–Crippen LogP) is 9.36. The molecule has 5 aliphatic heterocycles. The van der Waals surface area contributed by atoms with Crippen molar-refractivity contribution < 1.29 is 37.3 Å². The molecule has 1 amide bonds. The first kappa shape index (κ1) is 46.4.